The third kappa shape index (κ3) is 3.92. The molecule has 0 N–H and O–H groups in total. The normalized spacial score (nSPS) is 18.4. The zero-order chi connectivity index (χ0) is 11.6. The van der Waals surface area contributed by atoms with Crippen molar-refractivity contribution >= 4 is 28.7 Å². The average Bonchev–Trinajstić information content (AvgIpc) is 1.97. The molecular weight excluding hydrogens is 289 g/mol. The van der Waals surface area contributed by atoms with Gasteiger partial charge in [-0.3, -0.25) is 0 Å². The van der Waals surface area contributed by atoms with Gasteiger partial charge in [-0.25, -0.2) is 0 Å². The zero-order valence-electron chi connectivity index (χ0n) is 11.6. The third-order valence-electron chi connectivity index (χ3n) is 4.23. The Labute approximate surface area is 100 Å². The van der Waals surface area contributed by atoms with E-state index in [2.05, 4.69) is 54.2 Å². The van der Waals surface area contributed by atoms with Crippen LogP contribution in [0.3, 0.4) is 0 Å². The Morgan fingerprint density at radius 1 is 1.07 bits per heavy atom. The molecule has 86 valence electrons. The van der Waals surface area contributed by atoms with Crippen molar-refractivity contribution in [2.45, 2.75) is 72.1 Å². The van der Waals surface area contributed by atoms with Crippen LogP contribution in [0.4, 0.5) is 0 Å². The first-order valence-corrected chi connectivity index (χ1v) is 15.8. The molecule has 0 bridgehead atoms. The molecular formula is C12H30Ge2. The fourth-order valence-corrected chi connectivity index (χ4v) is 38.3. The van der Waals surface area contributed by atoms with Crippen LogP contribution in [-0.2, 0) is 0 Å². The molecule has 0 fully saturated rings. The van der Waals surface area contributed by atoms with Gasteiger partial charge < -0.3 is 0 Å². The molecule has 1 unspecified atom stereocenters. The van der Waals surface area contributed by atoms with Crippen LogP contribution >= 0.6 is 0 Å². The van der Waals surface area contributed by atoms with Gasteiger partial charge in [-0.05, 0) is 0 Å². The van der Waals surface area contributed by atoms with Gasteiger partial charge in [-0.15, -0.1) is 0 Å². The molecule has 0 aromatic carbocycles. The Bertz CT molecular complexity index is 168. The Morgan fingerprint density at radius 3 is 1.71 bits per heavy atom. The average molecular weight is 320 g/mol. The summed E-state index contributed by atoms with van der Waals surface area (Å²) in [6.45, 7) is 17.3. The SMILES string of the molecule is C[CH](C)[GeH2][CH2][Ge]([CH3])([CH](C)C)[C](C)(C)C. The molecule has 0 rings (SSSR count). The predicted molar refractivity (Wildman–Crippen MR) is 74.9 cm³/mol. The standard InChI is InChI=1S/C12H30Ge2/c1-10(2)13-9-14(8,11(3)4)12(5,6)7/h10-11H,9,13H2,1-8H3. The second-order valence-electron chi connectivity index (χ2n) is 6.75. The van der Waals surface area contributed by atoms with Crippen molar-refractivity contribution in [1.82, 2.24) is 0 Å². The molecule has 0 aliphatic rings. The molecule has 0 heterocycles. The van der Waals surface area contributed by atoms with Crippen molar-refractivity contribution in [1.29, 1.82) is 0 Å². The summed E-state index contributed by atoms with van der Waals surface area (Å²) in [6, 6.07) is 0. The van der Waals surface area contributed by atoms with Crippen molar-refractivity contribution in [2.24, 2.45) is 0 Å². The van der Waals surface area contributed by atoms with Crippen LogP contribution in [0, 0.1) is 0 Å². The maximum absolute atomic E-state index is 2.69. The van der Waals surface area contributed by atoms with E-state index in [0.717, 1.165) is 9.50 Å². The quantitative estimate of drug-likeness (QED) is 0.680. The van der Waals surface area contributed by atoms with Crippen molar-refractivity contribution in [3.63, 3.8) is 0 Å². The second kappa shape index (κ2) is 5.42. The number of hydrogen-bond donors (Lipinski definition) is 0. The van der Waals surface area contributed by atoms with Gasteiger partial charge in [0.1, 0.15) is 0 Å². The Morgan fingerprint density at radius 2 is 1.50 bits per heavy atom. The molecule has 0 saturated heterocycles. The van der Waals surface area contributed by atoms with E-state index >= 15 is 0 Å². The Kier molecular flexibility index (Phi) is 5.85. The van der Waals surface area contributed by atoms with Crippen LogP contribution in [0.1, 0.15) is 48.5 Å². The second-order valence-corrected chi connectivity index (χ2v) is 29.4. The molecule has 0 radical (unpaired) electrons. The topological polar surface area (TPSA) is 0 Å². The molecule has 0 spiro atoms. The van der Waals surface area contributed by atoms with Gasteiger partial charge in [0.25, 0.3) is 0 Å². The van der Waals surface area contributed by atoms with Crippen LogP contribution in [0.2, 0.25) is 23.6 Å². The molecule has 2 heteroatoms. The molecule has 0 aliphatic carbocycles. The van der Waals surface area contributed by atoms with Crippen molar-refractivity contribution in [2.75, 3.05) is 0 Å². The molecule has 1 atom stereocenters. The Balaban J connectivity index is 4.58. The molecule has 0 saturated carbocycles. The van der Waals surface area contributed by atoms with E-state index in [-0.39, 0.29) is 15.4 Å². The molecule has 0 aromatic heterocycles. The van der Waals surface area contributed by atoms with E-state index in [1.165, 1.54) is 0 Å². The first-order chi connectivity index (χ1) is 6.11. The maximum atomic E-state index is 2.69. The predicted octanol–water partition coefficient (Wildman–Crippen LogP) is 4.23. The summed E-state index contributed by atoms with van der Waals surface area (Å²) in [5, 5.41) is 0. The third-order valence-corrected chi connectivity index (χ3v) is 36.4. The minimum absolute atomic E-state index is 0.229. The van der Waals surface area contributed by atoms with Gasteiger partial charge in [0.15, 0.2) is 0 Å². The van der Waals surface area contributed by atoms with E-state index in [0.29, 0.717) is 4.25 Å². The molecule has 0 amide bonds. The molecule has 0 nitrogen and oxygen atoms in total. The fraction of sp³-hybridized carbons (Fsp3) is 1.00. The van der Waals surface area contributed by atoms with Gasteiger partial charge in [0.05, 0.1) is 0 Å². The number of hydrogen-bond acceptors (Lipinski definition) is 0. The van der Waals surface area contributed by atoms with Gasteiger partial charge in [-0.2, -0.15) is 0 Å². The summed E-state index contributed by atoms with van der Waals surface area (Å²) in [6.07, 6.45) is 0. The summed E-state index contributed by atoms with van der Waals surface area (Å²) >= 11 is -1.78. The van der Waals surface area contributed by atoms with E-state index in [1.807, 2.05) is 0 Å². The molecule has 14 heavy (non-hydrogen) atoms. The first-order valence-electron chi connectivity index (χ1n) is 6.11. The molecule has 0 aromatic rings. The zero-order valence-corrected chi connectivity index (χ0v) is 16.6. The van der Waals surface area contributed by atoms with Gasteiger partial charge >= 0.3 is 101 Å². The monoisotopic (exact) mass is 322 g/mol. The summed E-state index contributed by atoms with van der Waals surface area (Å²) in [4.78, 5) is 0. The van der Waals surface area contributed by atoms with Gasteiger partial charge in [0, 0.05) is 0 Å². The van der Waals surface area contributed by atoms with Crippen LogP contribution < -0.4 is 0 Å². The Hall–Kier alpha value is 1.09. The van der Waals surface area contributed by atoms with Crippen LogP contribution in [-0.4, -0.2) is 28.7 Å². The summed E-state index contributed by atoms with van der Waals surface area (Å²) in [5.74, 6) is 2.69. The summed E-state index contributed by atoms with van der Waals surface area (Å²) < 4.78 is 4.44. The van der Waals surface area contributed by atoms with E-state index in [4.69, 9.17) is 0 Å². The summed E-state index contributed by atoms with van der Waals surface area (Å²) in [5.41, 5.74) is 0. The van der Waals surface area contributed by atoms with Crippen molar-refractivity contribution in [3.8, 4) is 0 Å². The van der Waals surface area contributed by atoms with Crippen LogP contribution in [0.15, 0.2) is 0 Å². The van der Waals surface area contributed by atoms with Crippen molar-refractivity contribution in [3.05, 3.63) is 0 Å². The van der Waals surface area contributed by atoms with E-state index in [1.54, 1.807) is 4.09 Å². The molecule has 0 aliphatic heterocycles. The van der Waals surface area contributed by atoms with Gasteiger partial charge in [0.2, 0.25) is 0 Å². The van der Waals surface area contributed by atoms with E-state index in [9.17, 15) is 0 Å². The first kappa shape index (κ1) is 15.1. The van der Waals surface area contributed by atoms with Crippen LogP contribution in [0.5, 0.6) is 0 Å². The van der Waals surface area contributed by atoms with Crippen LogP contribution in [0.25, 0.3) is 0 Å². The fourth-order valence-electron chi connectivity index (χ4n) is 2.12. The van der Waals surface area contributed by atoms with Crippen molar-refractivity contribution < 1.29 is 0 Å². The van der Waals surface area contributed by atoms with E-state index < -0.39 is 13.3 Å². The summed E-state index contributed by atoms with van der Waals surface area (Å²) in [7, 11) is 0. The minimum atomic E-state index is -1.55. The number of rotatable bonds is 4. The van der Waals surface area contributed by atoms with Gasteiger partial charge in [-0.1, -0.05) is 0 Å².